The first kappa shape index (κ1) is 10.2. The summed E-state index contributed by atoms with van der Waals surface area (Å²) in [5, 5.41) is 0. The maximum absolute atomic E-state index is 11.2. The Bertz CT molecular complexity index is 371. The van der Waals surface area contributed by atoms with Gasteiger partial charge in [0.1, 0.15) is 11.5 Å². The molecule has 80 valence electrons. The highest BCUT2D eigenvalue weighted by Crippen LogP contribution is 2.50. The van der Waals surface area contributed by atoms with Gasteiger partial charge in [0.05, 0.1) is 6.61 Å². The van der Waals surface area contributed by atoms with Crippen molar-refractivity contribution in [3.63, 3.8) is 0 Å². The highest BCUT2D eigenvalue weighted by Gasteiger charge is 2.43. The van der Waals surface area contributed by atoms with Gasteiger partial charge in [0.2, 0.25) is 0 Å². The minimum absolute atomic E-state index is 0.228. The maximum Gasteiger partial charge on any atom is 0.133 e. The summed E-state index contributed by atoms with van der Waals surface area (Å²) in [7, 11) is 0. The second kappa shape index (κ2) is 4.05. The van der Waals surface area contributed by atoms with E-state index in [1.54, 1.807) is 6.92 Å². The molecule has 0 bridgehead atoms. The molecule has 2 nitrogen and oxygen atoms in total. The van der Waals surface area contributed by atoms with Crippen LogP contribution in [0.2, 0.25) is 0 Å². The summed E-state index contributed by atoms with van der Waals surface area (Å²) in [5.41, 5.74) is 1.19. The molecule has 2 rings (SSSR count). The van der Waals surface area contributed by atoms with Gasteiger partial charge in [-0.2, -0.15) is 0 Å². The van der Waals surface area contributed by atoms with Gasteiger partial charge in [-0.25, -0.2) is 0 Å². The molecule has 0 aromatic heterocycles. The second-order valence-electron chi connectivity index (χ2n) is 4.03. The molecule has 1 fully saturated rings. The van der Waals surface area contributed by atoms with E-state index in [1.807, 2.05) is 25.1 Å². The molecule has 0 spiro atoms. The van der Waals surface area contributed by atoms with E-state index in [0.29, 0.717) is 18.3 Å². The van der Waals surface area contributed by atoms with Crippen molar-refractivity contribution in [3.05, 3.63) is 29.8 Å². The lowest BCUT2D eigenvalue weighted by molar-refractivity contribution is -0.118. The molecule has 0 aliphatic heterocycles. The van der Waals surface area contributed by atoms with Crippen molar-refractivity contribution in [2.24, 2.45) is 5.92 Å². The average Bonchev–Trinajstić information content (AvgIpc) is 2.99. The molecule has 1 aromatic carbocycles. The van der Waals surface area contributed by atoms with Crippen molar-refractivity contribution in [1.29, 1.82) is 0 Å². The van der Waals surface area contributed by atoms with Crippen molar-refractivity contribution in [1.82, 2.24) is 0 Å². The van der Waals surface area contributed by atoms with Crippen LogP contribution in [0.25, 0.3) is 0 Å². The van der Waals surface area contributed by atoms with Gasteiger partial charge in [0, 0.05) is 5.92 Å². The number of carbonyl (C=O) groups excluding carboxylic acids is 1. The second-order valence-corrected chi connectivity index (χ2v) is 4.03. The number of Topliss-reactive ketones (excluding diaryl/α,β-unsaturated/α-hetero) is 1. The van der Waals surface area contributed by atoms with E-state index in [-0.39, 0.29) is 5.92 Å². The SMILES string of the molecule is CCOc1ccccc1[C@@H]1C[C@@H]1C(C)=O. The third-order valence-corrected chi connectivity index (χ3v) is 2.93. The number of para-hydroxylation sites is 1. The fraction of sp³-hybridized carbons (Fsp3) is 0.462. The largest absolute Gasteiger partial charge is 0.494 e. The molecule has 1 aliphatic carbocycles. The Morgan fingerprint density at radius 3 is 2.80 bits per heavy atom. The Labute approximate surface area is 90.3 Å². The van der Waals surface area contributed by atoms with Crippen LogP contribution in [0.5, 0.6) is 5.75 Å². The van der Waals surface area contributed by atoms with Crippen molar-refractivity contribution in [2.75, 3.05) is 6.61 Å². The Morgan fingerprint density at radius 2 is 2.20 bits per heavy atom. The highest BCUT2D eigenvalue weighted by atomic mass is 16.5. The van der Waals surface area contributed by atoms with Crippen molar-refractivity contribution in [3.8, 4) is 5.75 Å². The van der Waals surface area contributed by atoms with E-state index in [1.165, 1.54) is 5.56 Å². The zero-order chi connectivity index (χ0) is 10.8. The lowest BCUT2D eigenvalue weighted by Crippen LogP contribution is -1.98. The zero-order valence-electron chi connectivity index (χ0n) is 9.19. The maximum atomic E-state index is 11.2. The third kappa shape index (κ3) is 2.04. The third-order valence-electron chi connectivity index (χ3n) is 2.93. The van der Waals surface area contributed by atoms with Crippen LogP contribution in [0, 0.1) is 5.92 Å². The molecule has 0 heterocycles. The standard InChI is InChI=1S/C13H16O2/c1-3-15-13-7-5-4-6-10(13)12-8-11(12)9(2)14/h4-7,11-12H,3,8H2,1-2H3/t11-,12+/m1/s1. The van der Waals surface area contributed by atoms with Crippen LogP contribution in [-0.4, -0.2) is 12.4 Å². The van der Waals surface area contributed by atoms with Gasteiger partial charge in [-0.3, -0.25) is 4.79 Å². The van der Waals surface area contributed by atoms with Gasteiger partial charge in [-0.05, 0) is 37.8 Å². The number of carbonyl (C=O) groups is 1. The smallest absolute Gasteiger partial charge is 0.133 e. The summed E-state index contributed by atoms with van der Waals surface area (Å²) in [6.07, 6.45) is 0.986. The molecule has 15 heavy (non-hydrogen) atoms. The average molecular weight is 204 g/mol. The normalized spacial score (nSPS) is 23.6. The van der Waals surface area contributed by atoms with Crippen LogP contribution in [0.1, 0.15) is 31.7 Å². The molecule has 1 saturated carbocycles. The van der Waals surface area contributed by atoms with Crippen LogP contribution >= 0.6 is 0 Å². The van der Waals surface area contributed by atoms with Crippen molar-refractivity contribution in [2.45, 2.75) is 26.2 Å². The zero-order valence-corrected chi connectivity index (χ0v) is 9.19. The van der Waals surface area contributed by atoms with Crippen LogP contribution in [0.4, 0.5) is 0 Å². The monoisotopic (exact) mass is 204 g/mol. The quantitative estimate of drug-likeness (QED) is 0.753. The topological polar surface area (TPSA) is 26.3 Å². The molecule has 0 amide bonds. The first-order valence-electron chi connectivity index (χ1n) is 5.46. The molecule has 0 radical (unpaired) electrons. The van der Waals surface area contributed by atoms with E-state index in [9.17, 15) is 4.79 Å². The number of ketones is 1. The van der Waals surface area contributed by atoms with Crippen LogP contribution in [-0.2, 0) is 4.79 Å². The van der Waals surface area contributed by atoms with Gasteiger partial charge in [0.15, 0.2) is 0 Å². The molecule has 1 aromatic rings. The minimum atomic E-state index is 0.228. The van der Waals surface area contributed by atoms with E-state index < -0.39 is 0 Å². The summed E-state index contributed by atoms with van der Waals surface area (Å²) in [6, 6.07) is 8.03. The summed E-state index contributed by atoms with van der Waals surface area (Å²) in [5.74, 6) is 1.86. The Kier molecular flexibility index (Phi) is 2.76. The van der Waals surface area contributed by atoms with Crippen molar-refractivity contribution >= 4 is 5.78 Å². The van der Waals surface area contributed by atoms with E-state index >= 15 is 0 Å². The fourth-order valence-electron chi connectivity index (χ4n) is 2.06. The first-order chi connectivity index (χ1) is 7.24. The highest BCUT2D eigenvalue weighted by molar-refractivity contribution is 5.82. The van der Waals surface area contributed by atoms with Gasteiger partial charge in [-0.1, -0.05) is 18.2 Å². The summed E-state index contributed by atoms with van der Waals surface area (Å²) >= 11 is 0. The predicted octanol–water partition coefficient (Wildman–Crippen LogP) is 2.78. The van der Waals surface area contributed by atoms with Crippen molar-refractivity contribution < 1.29 is 9.53 Å². The molecule has 2 heteroatoms. The lowest BCUT2D eigenvalue weighted by atomic mass is 10.1. The van der Waals surface area contributed by atoms with Crippen LogP contribution < -0.4 is 4.74 Å². The van der Waals surface area contributed by atoms with Gasteiger partial charge in [-0.15, -0.1) is 0 Å². The molecule has 1 aliphatic rings. The van der Waals surface area contributed by atoms with E-state index in [4.69, 9.17) is 4.74 Å². The number of benzene rings is 1. The number of hydrogen-bond donors (Lipinski definition) is 0. The minimum Gasteiger partial charge on any atom is -0.494 e. The Hall–Kier alpha value is -1.31. The first-order valence-corrected chi connectivity index (χ1v) is 5.46. The fourth-order valence-corrected chi connectivity index (χ4v) is 2.06. The molecular weight excluding hydrogens is 188 g/mol. The lowest BCUT2D eigenvalue weighted by Gasteiger charge is -2.08. The number of ether oxygens (including phenoxy) is 1. The predicted molar refractivity (Wildman–Crippen MR) is 59.1 cm³/mol. The van der Waals surface area contributed by atoms with E-state index in [0.717, 1.165) is 12.2 Å². The number of rotatable bonds is 4. The molecule has 0 saturated heterocycles. The summed E-state index contributed by atoms with van der Waals surface area (Å²) in [4.78, 5) is 11.2. The summed E-state index contributed by atoms with van der Waals surface area (Å²) in [6.45, 7) is 4.33. The Balaban J connectivity index is 2.18. The molecule has 0 N–H and O–H groups in total. The van der Waals surface area contributed by atoms with Gasteiger partial charge >= 0.3 is 0 Å². The molecular formula is C13H16O2. The Morgan fingerprint density at radius 1 is 1.47 bits per heavy atom. The van der Waals surface area contributed by atoms with E-state index in [2.05, 4.69) is 6.07 Å². The van der Waals surface area contributed by atoms with Gasteiger partial charge < -0.3 is 4.74 Å². The molecule has 2 atom stereocenters. The summed E-state index contributed by atoms with van der Waals surface area (Å²) < 4.78 is 5.56. The number of hydrogen-bond acceptors (Lipinski definition) is 2. The van der Waals surface area contributed by atoms with Gasteiger partial charge in [0.25, 0.3) is 0 Å². The molecule has 0 unspecified atom stereocenters. The van der Waals surface area contributed by atoms with Crippen LogP contribution in [0.3, 0.4) is 0 Å². The van der Waals surface area contributed by atoms with Crippen LogP contribution in [0.15, 0.2) is 24.3 Å².